The van der Waals surface area contributed by atoms with Gasteiger partial charge in [-0.3, -0.25) is 14.5 Å². The van der Waals surface area contributed by atoms with Gasteiger partial charge < -0.3 is 15.1 Å². The largest absolute Gasteiger partial charge is 0.352 e. The van der Waals surface area contributed by atoms with E-state index in [0.717, 1.165) is 24.2 Å². The Morgan fingerprint density at radius 1 is 1.19 bits per heavy atom. The molecule has 1 saturated carbocycles. The fourth-order valence-electron chi connectivity index (χ4n) is 3.18. The van der Waals surface area contributed by atoms with E-state index in [2.05, 4.69) is 11.4 Å². The highest BCUT2D eigenvalue weighted by Crippen LogP contribution is 2.40. The lowest BCUT2D eigenvalue weighted by Gasteiger charge is -2.21. The van der Waals surface area contributed by atoms with Crippen molar-refractivity contribution in [1.82, 2.24) is 10.2 Å². The van der Waals surface area contributed by atoms with Crippen LogP contribution in [-0.4, -0.2) is 56.9 Å². The topological polar surface area (TPSA) is 79.7 Å². The van der Waals surface area contributed by atoms with E-state index in [1.165, 1.54) is 0 Å². The lowest BCUT2D eigenvalue weighted by molar-refractivity contribution is -0.122. The van der Waals surface area contributed by atoms with Gasteiger partial charge in [-0.05, 0) is 32.0 Å². The van der Waals surface area contributed by atoms with Crippen LogP contribution in [0.15, 0.2) is 35.7 Å². The summed E-state index contributed by atoms with van der Waals surface area (Å²) in [5.41, 5.74) is 1.99. The number of Topliss-reactive ketones (excluding diaryl/α,β-unsaturated/α-hetero) is 1. The maximum absolute atomic E-state index is 12.7. The zero-order valence-electron chi connectivity index (χ0n) is 15.3. The molecule has 1 N–H and O–H groups in total. The molecular weight excluding hydrogens is 330 g/mol. The second-order valence-corrected chi connectivity index (χ2v) is 6.85. The minimum Gasteiger partial charge on any atom is -0.352 e. The number of amides is 1. The monoisotopic (exact) mass is 353 g/mol. The third-order valence-electron chi connectivity index (χ3n) is 4.62. The highest BCUT2D eigenvalue weighted by atomic mass is 16.2. The zero-order valence-corrected chi connectivity index (χ0v) is 15.3. The van der Waals surface area contributed by atoms with Crippen LogP contribution in [-0.2, 0) is 9.59 Å². The van der Waals surface area contributed by atoms with Gasteiger partial charge in [0.25, 0.3) is 0 Å². The number of fused-ring (bicyclic) bond motifs is 1. The van der Waals surface area contributed by atoms with Crippen molar-refractivity contribution in [3.05, 3.63) is 35.7 Å². The number of nitrogens with zero attached hydrogens (tertiary/aromatic N) is 4. The van der Waals surface area contributed by atoms with Crippen molar-refractivity contribution >= 4 is 23.1 Å². The second kappa shape index (κ2) is 7.18. The van der Waals surface area contributed by atoms with E-state index in [-0.39, 0.29) is 30.4 Å². The molecule has 1 amide bonds. The van der Waals surface area contributed by atoms with Crippen molar-refractivity contribution in [2.24, 2.45) is 0 Å². The van der Waals surface area contributed by atoms with Gasteiger partial charge in [-0.25, -0.2) is 0 Å². The third kappa shape index (κ3) is 3.55. The number of hydrogen-bond acceptors (Lipinski definition) is 6. The zero-order chi connectivity index (χ0) is 18.8. The van der Waals surface area contributed by atoms with Crippen LogP contribution in [0.2, 0.25) is 0 Å². The van der Waals surface area contributed by atoms with Crippen LogP contribution in [0.5, 0.6) is 0 Å². The molecule has 1 aromatic carbocycles. The van der Waals surface area contributed by atoms with E-state index in [0.29, 0.717) is 11.9 Å². The molecule has 0 bridgehead atoms. The van der Waals surface area contributed by atoms with E-state index < -0.39 is 0 Å². The Balaban J connectivity index is 1.73. The molecular formula is C19H23N5O2. The molecule has 0 spiro atoms. The normalized spacial score (nSPS) is 15.7. The van der Waals surface area contributed by atoms with Gasteiger partial charge in [0.15, 0.2) is 5.78 Å². The molecule has 1 fully saturated rings. The van der Waals surface area contributed by atoms with Crippen molar-refractivity contribution in [2.45, 2.75) is 18.9 Å². The molecule has 1 heterocycles. The van der Waals surface area contributed by atoms with Crippen molar-refractivity contribution < 1.29 is 9.59 Å². The molecule has 7 nitrogen and oxygen atoms in total. The first-order valence-corrected chi connectivity index (χ1v) is 8.64. The first-order chi connectivity index (χ1) is 12.4. The molecule has 0 aromatic heterocycles. The second-order valence-electron chi connectivity index (χ2n) is 6.85. The number of benzene rings is 1. The Bertz CT molecular complexity index is 775. The SMILES string of the molecule is CN(CC(=O)NC1CC1)CC(=O)C(C#N)=C1N(C)c2ccccc2N1C. The number of rotatable bonds is 6. The maximum atomic E-state index is 12.7. The number of ketones is 1. The number of para-hydroxylation sites is 2. The molecule has 0 saturated heterocycles. The Morgan fingerprint density at radius 2 is 1.77 bits per heavy atom. The minimum absolute atomic E-state index is 0.0164. The highest BCUT2D eigenvalue weighted by Gasteiger charge is 2.31. The Kier molecular flexibility index (Phi) is 4.96. The van der Waals surface area contributed by atoms with Crippen molar-refractivity contribution in [3.63, 3.8) is 0 Å². The van der Waals surface area contributed by atoms with Crippen molar-refractivity contribution in [2.75, 3.05) is 44.0 Å². The number of hydrogen-bond donors (Lipinski definition) is 1. The maximum Gasteiger partial charge on any atom is 0.234 e. The smallest absolute Gasteiger partial charge is 0.234 e. The Labute approximate surface area is 153 Å². The molecule has 3 rings (SSSR count). The van der Waals surface area contributed by atoms with Crippen LogP contribution in [0.4, 0.5) is 11.4 Å². The third-order valence-corrected chi connectivity index (χ3v) is 4.62. The average molecular weight is 353 g/mol. The van der Waals surface area contributed by atoms with E-state index >= 15 is 0 Å². The molecule has 7 heteroatoms. The van der Waals surface area contributed by atoms with Gasteiger partial charge in [0.05, 0.1) is 24.5 Å². The summed E-state index contributed by atoms with van der Waals surface area (Å²) < 4.78 is 0. The number of nitrogens with one attached hydrogen (secondary N) is 1. The summed E-state index contributed by atoms with van der Waals surface area (Å²) in [6.45, 7) is 0.157. The summed E-state index contributed by atoms with van der Waals surface area (Å²) in [5, 5.41) is 12.5. The molecule has 0 radical (unpaired) electrons. The van der Waals surface area contributed by atoms with Crippen LogP contribution in [0, 0.1) is 11.3 Å². The minimum atomic E-state index is -0.296. The van der Waals surface area contributed by atoms with Gasteiger partial charge in [-0.1, -0.05) is 12.1 Å². The molecule has 1 aromatic rings. The average Bonchev–Trinajstić information content (AvgIpc) is 3.37. The van der Waals surface area contributed by atoms with Crippen molar-refractivity contribution in [1.29, 1.82) is 5.26 Å². The van der Waals surface area contributed by atoms with Gasteiger partial charge in [-0.2, -0.15) is 5.26 Å². The molecule has 2 aliphatic rings. The van der Waals surface area contributed by atoms with Crippen molar-refractivity contribution in [3.8, 4) is 6.07 Å². The standard InChI is InChI=1S/C19H23N5O2/c1-22(12-18(26)21-13-8-9-13)11-17(25)14(10-20)19-23(2)15-6-4-5-7-16(15)24(19)3/h4-7,13H,8-9,11-12H2,1-3H3,(H,21,26). The van der Waals surface area contributed by atoms with Crippen LogP contribution in [0.3, 0.4) is 0 Å². The number of carbonyl (C=O) groups excluding carboxylic acids is 2. The first kappa shape index (κ1) is 18.0. The lowest BCUT2D eigenvalue weighted by atomic mass is 10.1. The summed E-state index contributed by atoms with van der Waals surface area (Å²) >= 11 is 0. The van der Waals surface area contributed by atoms with E-state index in [4.69, 9.17) is 0 Å². The quantitative estimate of drug-likeness (QED) is 0.609. The predicted octanol–water partition coefficient (Wildman–Crippen LogP) is 1.09. The van der Waals surface area contributed by atoms with Crippen LogP contribution in [0.25, 0.3) is 0 Å². The summed E-state index contributed by atoms with van der Waals surface area (Å²) in [6.07, 6.45) is 2.05. The summed E-state index contributed by atoms with van der Waals surface area (Å²) in [4.78, 5) is 29.9. The van der Waals surface area contributed by atoms with Gasteiger partial charge >= 0.3 is 0 Å². The number of nitriles is 1. The first-order valence-electron chi connectivity index (χ1n) is 8.64. The van der Waals surface area contributed by atoms with Gasteiger partial charge in [0.2, 0.25) is 5.91 Å². The molecule has 26 heavy (non-hydrogen) atoms. The van der Waals surface area contributed by atoms with Crippen LogP contribution < -0.4 is 15.1 Å². The summed E-state index contributed by atoms with van der Waals surface area (Å²) in [5.74, 6) is 0.182. The molecule has 1 aliphatic carbocycles. The van der Waals surface area contributed by atoms with Crippen LogP contribution in [0.1, 0.15) is 12.8 Å². The summed E-state index contributed by atoms with van der Waals surface area (Å²) in [6, 6.07) is 10.1. The van der Waals surface area contributed by atoms with Gasteiger partial charge in [0.1, 0.15) is 17.5 Å². The Morgan fingerprint density at radius 3 is 2.27 bits per heavy atom. The fourth-order valence-corrected chi connectivity index (χ4v) is 3.18. The Hall–Kier alpha value is -2.85. The molecule has 136 valence electrons. The molecule has 1 aliphatic heterocycles. The highest BCUT2D eigenvalue weighted by molar-refractivity contribution is 6.03. The van der Waals surface area contributed by atoms with Gasteiger partial charge in [0, 0.05) is 20.1 Å². The van der Waals surface area contributed by atoms with E-state index in [1.807, 2.05) is 48.2 Å². The van der Waals surface area contributed by atoms with Gasteiger partial charge in [-0.15, -0.1) is 0 Å². The molecule has 0 unspecified atom stereocenters. The predicted molar refractivity (Wildman–Crippen MR) is 99.6 cm³/mol. The lowest BCUT2D eigenvalue weighted by Crippen LogP contribution is -2.39. The number of likely N-dealkylation sites (N-methyl/N-ethyl adjacent to an activating group) is 1. The fraction of sp³-hybridized carbons (Fsp3) is 0.421. The molecule has 0 atom stereocenters. The number of carbonyl (C=O) groups is 2. The number of anilines is 2. The van der Waals surface area contributed by atoms with E-state index in [9.17, 15) is 14.9 Å². The summed E-state index contributed by atoms with van der Waals surface area (Å²) in [7, 11) is 5.39. The van der Waals surface area contributed by atoms with E-state index in [1.54, 1.807) is 11.9 Å². The van der Waals surface area contributed by atoms with Crippen LogP contribution >= 0.6 is 0 Å².